The Kier molecular flexibility index (Phi) is 9.34. The molecule has 7 heteroatoms. The van der Waals surface area contributed by atoms with Crippen LogP contribution in [0.15, 0.2) is 84.9 Å². The summed E-state index contributed by atoms with van der Waals surface area (Å²) >= 11 is 0. The minimum atomic E-state index is -0.816. The zero-order valence-electron chi connectivity index (χ0n) is 22.9. The van der Waals surface area contributed by atoms with Crippen molar-refractivity contribution in [3.8, 4) is 11.5 Å². The van der Waals surface area contributed by atoms with Crippen LogP contribution in [0.2, 0.25) is 0 Å². The number of likely N-dealkylation sites (tertiary alicyclic amines) is 2. The normalized spacial score (nSPS) is 19.4. The molecule has 3 atom stereocenters. The lowest BCUT2D eigenvalue weighted by molar-refractivity contribution is -0.146. The number of nitrogens with zero attached hydrogens (tertiary/aromatic N) is 2. The Labute approximate surface area is 236 Å². The number of carbonyl (C=O) groups excluding carboxylic acids is 2. The molecule has 3 aromatic carbocycles. The van der Waals surface area contributed by atoms with Crippen LogP contribution in [0.25, 0.3) is 0 Å². The number of rotatable bonds is 11. The highest BCUT2D eigenvalue weighted by Gasteiger charge is 2.41. The average Bonchev–Trinajstić information content (AvgIpc) is 3.70. The van der Waals surface area contributed by atoms with E-state index < -0.39 is 12.1 Å². The lowest BCUT2D eigenvalue weighted by Gasteiger charge is -2.33. The molecule has 2 heterocycles. The summed E-state index contributed by atoms with van der Waals surface area (Å²) in [6.07, 6.45) is 3.28. The number of ether oxygens (including phenoxy) is 2. The van der Waals surface area contributed by atoms with Gasteiger partial charge in [-0.05, 0) is 67.5 Å². The van der Waals surface area contributed by atoms with Gasteiger partial charge in [0.05, 0.1) is 6.04 Å². The number of amides is 2. The zero-order valence-corrected chi connectivity index (χ0v) is 22.9. The predicted molar refractivity (Wildman–Crippen MR) is 153 cm³/mol. The summed E-state index contributed by atoms with van der Waals surface area (Å²) in [7, 11) is 0. The average molecular weight is 543 g/mol. The number of hydrogen-bond acceptors (Lipinski definition) is 5. The van der Waals surface area contributed by atoms with Gasteiger partial charge < -0.3 is 24.4 Å². The van der Waals surface area contributed by atoms with Crippen LogP contribution in [0.1, 0.15) is 43.2 Å². The standard InChI is InChI=1S/C33H38N2O5/c36-31(24-40-28-18-16-27(17-19-28)39-23-26-11-5-2-6-12-26)29-13-7-22-35(29)33(38)30-14-8-21-34(30)32(37)20-15-25-9-3-1-4-10-25/h1-6,9-12,16-19,29-31,36H,7-8,13-15,20-24H2/t29?,30-,31?/m0/s1. The second-order valence-corrected chi connectivity index (χ2v) is 10.6. The van der Waals surface area contributed by atoms with Crippen molar-refractivity contribution >= 4 is 11.8 Å². The highest BCUT2D eigenvalue weighted by Crippen LogP contribution is 2.28. The molecule has 1 N–H and O–H groups in total. The van der Waals surface area contributed by atoms with E-state index in [1.54, 1.807) is 9.80 Å². The van der Waals surface area contributed by atoms with E-state index in [9.17, 15) is 14.7 Å². The first-order chi connectivity index (χ1) is 19.6. The maximum Gasteiger partial charge on any atom is 0.245 e. The summed E-state index contributed by atoms with van der Waals surface area (Å²) in [5.74, 6) is 1.35. The first-order valence-corrected chi connectivity index (χ1v) is 14.3. The third-order valence-corrected chi connectivity index (χ3v) is 7.85. The van der Waals surface area contributed by atoms with Crippen molar-refractivity contribution in [3.63, 3.8) is 0 Å². The Hall–Kier alpha value is -3.84. The molecule has 0 spiro atoms. The molecule has 2 aliphatic heterocycles. The Bertz CT molecular complexity index is 1230. The zero-order chi connectivity index (χ0) is 27.7. The topological polar surface area (TPSA) is 79.3 Å². The molecule has 0 radical (unpaired) electrons. The third-order valence-electron chi connectivity index (χ3n) is 7.85. The summed E-state index contributed by atoms with van der Waals surface area (Å²) in [5.41, 5.74) is 2.22. The van der Waals surface area contributed by atoms with Crippen LogP contribution in [0, 0.1) is 0 Å². The van der Waals surface area contributed by atoms with Gasteiger partial charge in [-0.2, -0.15) is 0 Å². The molecule has 0 aliphatic carbocycles. The number of aliphatic hydroxyl groups is 1. The van der Waals surface area contributed by atoms with Crippen LogP contribution < -0.4 is 9.47 Å². The monoisotopic (exact) mass is 542 g/mol. The maximum atomic E-state index is 13.6. The molecule has 2 saturated heterocycles. The van der Waals surface area contributed by atoms with E-state index in [4.69, 9.17) is 9.47 Å². The highest BCUT2D eigenvalue weighted by molar-refractivity contribution is 5.88. The molecule has 0 bridgehead atoms. The van der Waals surface area contributed by atoms with Crippen LogP contribution in [-0.2, 0) is 22.6 Å². The third kappa shape index (κ3) is 7.02. The Morgan fingerprint density at radius 3 is 2.08 bits per heavy atom. The van der Waals surface area contributed by atoms with E-state index in [2.05, 4.69) is 0 Å². The highest BCUT2D eigenvalue weighted by atomic mass is 16.5. The molecular formula is C33H38N2O5. The number of aryl methyl sites for hydroxylation is 1. The van der Waals surface area contributed by atoms with Crippen molar-refractivity contribution in [2.45, 2.75) is 63.3 Å². The van der Waals surface area contributed by atoms with E-state index in [1.165, 1.54) is 0 Å². The summed E-state index contributed by atoms with van der Waals surface area (Å²) in [5, 5.41) is 11.0. The fourth-order valence-corrected chi connectivity index (χ4v) is 5.68. The molecule has 2 unspecified atom stereocenters. The Morgan fingerprint density at radius 2 is 1.38 bits per heavy atom. The van der Waals surface area contributed by atoms with Gasteiger partial charge in [0.1, 0.15) is 36.9 Å². The van der Waals surface area contributed by atoms with Gasteiger partial charge in [0.2, 0.25) is 11.8 Å². The van der Waals surface area contributed by atoms with E-state index in [0.29, 0.717) is 44.7 Å². The molecule has 5 rings (SSSR count). The van der Waals surface area contributed by atoms with Crippen LogP contribution in [0.3, 0.4) is 0 Å². The van der Waals surface area contributed by atoms with Crippen LogP contribution in [0.4, 0.5) is 0 Å². The van der Waals surface area contributed by atoms with Gasteiger partial charge in [0.15, 0.2) is 0 Å². The van der Waals surface area contributed by atoms with Gasteiger partial charge >= 0.3 is 0 Å². The lowest BCUT2D eigenvalue weighted by atomic mass is 10.1. The van der Waals surface area contributed by atoms with Gasteiger partial charge in [0.25, 0.3) is 0 Å². The Balaban J connectivity index is 1.11. The fourth-order valence-electron chi connectivity index (χ4n) is 5.68. The first-order valence-electron chi connectivity index (χ1n) is 14.3. The van der Waals surface area contributed by atoms with E-state index >= 15 is 0 Å². The SMILES string of the molecule is O=C([C@@H]1CCCN1C(=O)CCc1ccccc1)N1CCCC1C(O)COc1ccc(OCc2ccccc2)cc1. The van der Waals surface area contributed by atoms with Crippen molar-refractivity contribution in [3.05, 3.63) is 96.1 Å². The summed E-state index contributed by atoms with van der Waals surface area (Å²) in [6.45, 7) is 1.78. The second-order valence-electron chi connectivity index (χ2n) is 10.6. The lowest BCUT2D eigenvalue weighted by Crippen LogP contribution is -2.52. The van der Waals surface area contributed by atoms with Crippen molar-refractivity contribution in [1.29, 1.82) is 0 Å². The van der Waals surface area contributed by atoms with Crippen molar-refractivity contribution < 1.29 is 24.2 Å². The van der Waals surface area contributed by atoms with E-state index in [1.807, 2.05) is 84.9 Å². The van der Waals surface area contributed by atoms with Gasteiger partial charge in [0, 0.05) is 19.5 Å². The van der Waals surface area contributed by atoms with Crippen molar-refractivity contribution in [2.75, 3.05) is 19.7 Å². The minimum absolute atomic E-state index is 0.0236. The van der Waals surface area contributed by atoms with Crippen LogP contribution in [0.5, 0.6) is 11.5 Å². The largest absolute Gasteiger partial charge is 0.491 e. The molecule has 0 aromatic heterocycles. The molecule has 40 heavy (non-hydrogen) atoms. The van der Waals surface area contributed by atoms with Crippen LogP contribution >= 0.6 is 0 Å². The van der Waals surface area contributed by atoms with E-state index in [0.717, 1.165) is 36.1 Å². The van der Waals surface area contributed by atoms with Gasteiger partial charge in [-0.25, -0.2) is 0 Å². The fraction of sp³-hybridized carbons (Fsp3) is 0.394. The summed E-state index contributed by atoms with van der Waals surface area (Å²) in [4.78, 5) is 30.2. The van der Waals surface area contributed by atoms with Gasteiger partial charge in [-0.1, -0.05) is 60.7 Å². The number of carbonyl (C=O) groups is 2. The quantitative estimate of drug-likeness (QED) is 0.383. The molecule has 7 nitrogen and oxygen atoms in total. The molecule has 2 amide bonds. The molecule has 2 fully saturated rings. The minimum Gasteiger partial charge on any atom is -0.491 e. The summed E-state index contributed by atoms with van der Waals surface area (Å²) in [6, 6.07) is 26.5. The van der Waals surface area contributed by atoms with Gasteiger partial charge in [-0.15, -0.1) is 0 Å². The molecule has 3 aromatic rings. The van der Waals surface area contributed by atoms with Crippen molar-refractivity contribution in [1.82, 2.24) is 9.80 Å². The first kappa shape index (κ1) is 27.7. The van der Waals surface area contributed by atoms with Crippen molar-refractivity contribution in [2.24, 2.45) is 0 Å². The Morgan fingerprint density at radius 1 is 0.775 bits per heavy atom. The number of aliphatic hydroxyl groups excluding tert-OH is 1. The maximum absolute atomic E-state index is 13.6. The summed E-state index contributed by atoms with van der Waals surface area (Å²) < 4.78 is 11.7. The predicted octanol–water partition coefficient (Wildman–Crippen LogP) is 4.62. The smallest absolute Gasteiger partial charge is 0.245 e. The molecule has 2 aliphatic rings. The second kappa shape index (κ2) is 13.5. The van der Waals surface area contributed by atoms with Crippen LogP contribution in [-0.4, -0.2) is 64.6 Å². The van der Waals surface area contributed by atoms with Gasteiger partial charge in [-0.3, -0.25) is 9.59 Å². The molecule has 0 saturated carbocycles. The van der Waals surface area contributed by atoms with E-state index in [-0.39, 0.29) is 24.5 Å². The molecule has 210 valence electrons. The number of benzene rings is 3. The number of hydrogen-bond donors (Lipinski definition) is 1. The molecular weight excluding hydrogens is 504 g/mol.